The second kappa shape index (κ2) is 8.74. The summed E-state index contributed by atoms with van der Waals surface area (Å²) in [6.45, 7) is 2.60. The van der Waals surface area contributed by atoms with E-state index in [-0.39, 0.29) is 18.2 Å². The highest BCUT2D eigenvalue weighted by atomic mass is 79.9. The first-order valence-electron chi connectivity index (χ1n) is 7.78. The molecule has 3 rings (SSSR count). The SMILES string of the molecule is Cc1ccc(Nc2ncc(Br)c(CCC3CCCO3)n2)cc1F.Cl. The van der Waals surface area contributed by atoms with Gasteiger partial charge in [-0.05, 0) is 66.2 Å². The zero-order chi connectivity index (χ0) is 16.2. The van der Waals surface area contributed by atoms with Gasteiger partial charge in [0.05, 0.1) is 16.3 Å². The number of hydrogen-bond acceptors (Lipinski definition) is 4. The number of anilines is 2. The third-order valence-electron chi connectivity index (χ3n) is 3.97. The minimum atomic E-state index is -0.245. The molecule has 1 aromatic carbocycles. The third kappa shape index (κ3) is 4.88. The summed E-state index contributed by atoms with van der Waals surface area (Å²) in [4.78, 5) is 8.78. The quantitative estimate of drug-likeness (QED) is 0.748. The van der Waals surface area contributed by atoms with Gasteiger partial charge in [-0.3, -0.25) is 0 Å². The van der Waals surface area contributed by atoms with Crippen molar-refractivity contribution in [1.82, 2.24) is 9.97 Å². The summed E-state index contributed by atoms with van der Waals surface area (Å²) in [6, 6.07) is 5.00. The van der Waals surface area contributed by atoms with Gasteiger partial charge in [-0.15, -0.1) is 12.4 Å². The lowest BCUT2D eigenvalue weighted by atomic mass is 10.1. The van der Waals surface area contributed by atoms with Gasteiger partial charge < -0.3 is 10.1 Å². The molecule has 0 bridgehead atoms. The molecule has 1 unspecified atom stereocenters. The molecule has 1 fully saturated rings. The third-order valence-corrected chi connectivity index (χ3v) is 4.63. The summed E-state index contributed by atoms with van der Waals surface area (Å²) in [5.41, 5.74) is 2.19. The van der Waals surface area contributed by atoms with Gasteiger partial charge in [0.2, 0.25) is 5.95 Å². The van der Waals surface area contributed by atoms with E-state index < -0.39 is 0 Å². The van der Waals surface area contributed by atoms with E-state index in [0.29, 0.717) is 23.3 Å². The normalized spacial score (nSPS) is 16.7. The number of ether oxygens (including phenoxy) is 1. The maximum atomic E-state index is 13.6. The van der Waals surface area contributed by atoms with E-state index in [0.717, 1.165) is 42.5 Å². The second-order valence-electron chi connectivity index (χ2n) is 5.75. The maximum absolute atomic E-state index is 13.6. The topological polar surface area (TPSA) is 47.0 Å². The van der Waals surface area contributed by atoms with Crippen LogP contribution in [0.3, 0.4) is 0 Å². The van der Waals surface area contributed by atoms with Crippen molar-refractivity contribution in [1.29, 1.82) is 0 Å². The van der Waals surface area contributed by atoms with E-state index in [1.54, 1.807) is 19.2 Å². The molecule has 2 aromatic rings. The predicted molar refractivity (Wildman–Crippen MR) is 98.7 cm³/mol. The first-order valence-corrected chi connectivity index (χ1v) is 8.57. The largest absolute Gasteiger partial charge is 0.378 e. The summed E-state index contributed by atoms with van der Waals surface area (Å²) in [7, 11) is 0. The highest BCUT2D eigenvalue weighted by molar-refractivity contribution is 9.10. The fourth-order valence-corrected chi connectivity index (χ4v) is 3.00. The summed E-state index contributed by atoms with van der Waals surface area (Å²) in [6.07, 6.45) is 6.10. The van der Waals surface area contributed by atoms with Gasteiger partial charge in [0.1, 0.15) is 5.82 Å². The van der Waals surface area contributed by atoms with Crippen molar-refractivity contribution in [2.75, 3.05) is 11.9 Å². The molecule has 1 atom stereocenters. The summed E-state index contributed by atoms with van der Waals surface area (Å²) >= 11 is 3.49. The lowest BCUT2D eigenvalue weighted by Gasteiger charge is -2.11. The molecule has 1 N–H and O–H groups in total. The van der Waals surface area contributed by atoms with Crippen LogP contribution in [-0.2, 0) is 11.2 Å². The summed E-state index contributed by atoms with van der Waals surface area (Å²) < 4.78 is 20.2. The lowest BCUT2D eigenvalue weighted by molar-refractivity contribution is 0.104. The molecule has 1 aliphatic heterocycles. The van der Waals surface area contributed by atoms with Gasteiger partial charge in [0.15, 0.2) is 0 Å². The first kappa shape index (κ1) is 19.1. The van der Waals surface area contributed by atoms with E-state index in [1.807, 2.05) is 6.07 Å². The summed E-state index contributed by atoms with van der Waals surface area (Å²) in [5.74, 6) is 0.226. The standard InChI is InChI=1S/C17H19BrFN3O.ClH/c1-11-4-5-12(9-15(11)19)21-17-20-10-14(18)16(22-17)7-6-13-3-2-8-23-13;/h4-5,9-10,13H,2-3,6-8H2,1H3,(H,20,21,22);1H. The Morgan fingerprint density at radius 3 is 2.96 bits per heavy atom. The van der Waals surface area contributed by atoms with Crippen molar-refractivity contribution >= 4 is 40.0 Å². The fourth-order valence-electron chi connectivity index (χ4n) is 2.61. The van der Waals surface area contributed by atoms with Gasteiger partial charge in [-0.2, -0.15) is 0 Å². The molecule has 24 heavy (non-hydrogen) atoms. The molecule has 0 spiro atoms. The number of halogens is 3. The molecule has 4 nitrogen and oxygen atoms in total. The van der Waals surface area contributed by atoms with E-state index in [2.05, 4.69) is 31.2 Å². The van der Waals surface area contributed by atoms with E-state index in [4.69, 9.17) is 4.74 Å². The van der Waals surface area contributed by atoms with E-state index >= 15 is 0 Å². The molecule has 0 radical (unpaired) electrons. The van der Waals surface area contributed by atoms with E-state index in [1.165, 1.54) is 6.07 Å². The fraction of sp³-hybridized carbons (Fsp3) is 0.412. The Balaban J connectivity index is 0.00000208. The second-order valence-corrected chi connectivity index (χ2v) is 6.61. The molecule has 0 aliphatic carbocycles. The van der Waals surface area contributed by atoms with Crippen molar-refractivity contribution < 1.29 is 9.13 Å². The Morgan fingerprint density at radius 2 is 2.25 bits per heavy atom. The molecule has 1 saturated heterocycles. The number of benzene rings is 1. The van der Waals surface area contributed by atoms with Crippen LogP contribution in [0.15, 0.2) is 28.9 Å². The molecular formula is C17H20BrClFN3O. The molecule has 7 heteroatoms. The van der Waals surface area contributed by atoms with Crippen molar-refractivity contribution in [3.05, 3.63) is 45.9 Å². The van der Waals surface area contributed by atoms with Gasteiger partial charge >= 0.3 is 0 Å². The Bertz CT molecular complexity index is 696. The van der Waals surface area contributed by atoms with Crippen LogP contribution in [0.4, 0.5) is 16.0 Å². The highest BCUT2D eigenvalue weighted by Gasteiger charge is 2.16. The average Bonchev–Trinajstić information content (AvgIpc) is 3.05. The monoisotopic (exact) mass is 415 g/mol. The highest BCUT2D eigenvalue weighted by Crippen LogP contribution is 2.23. The lowest BCUT2D eigenvalue weighted by Crippen LogP contribution is -2.08. The van der Waals surface area contributed by atoms with Gasteiger partial charge in [-0.25, -0.2) is 14.4 Å². The molecule has 2 heterocycles. The van der Waals surface area contributed by atoms with Crippen LogP contribution in [0.5, 0.6) is 0 Å². The van der Waals surface area contributed by atoms with Crippen LogP contribution in [0.1, 0.15) is 30.5 Å². The summed E-state index contributed by atoms with van der Waals surface area (Å²) in [5, 5.41) is 3.05. The molecule has 1 aromatic heterocycles. The van der Waals surface area contributed by atoms with Crippen molar-refractivity contribution in [3.8, 4) is 0 Å². The Hall–Kier alpha value is -1.24. The van der Waals surface area contributed by atoms with Crippen molar-refractivity contribution in [3.63, 3.8) is 0 Å². The molecule has 1 aliphatic rings. The van der Waals surface area contributed by atoms with Crippen LogP contribution in [0, 0.1) is 12.7 Å². The van der Waals surface area contributed by atoms with Gasteiger partial charge in [-0.1, -0.05) is 6.07 Å². The predicted octanol–water partition coefficient (Wildman–Crippen LogP) is 4.96. The van der Waals surface area contributed by atoms with Crippen LogP contribution in [-0.4, -0.2) is 22.7 Å². The molecular weight excluding hydrogens is 397 g/mol. The zero-order valence-electron chi connectivity index (χ0n) is 13.4. The van der Waals surface area contributed by atoms with Crippen LogP contribution >= 0.6 is 28.3 Å². The molecule has 130 valence electrons. The smallest absolute Gasteiger partial charge is 0.227 e. The van der Waals surface area contributed by atoms with Crippen LogP contribution < -0.4 is 5.32 Å². The molecule has 0 amide bonds. The number of nitrogens with zero attached hydrogens (tertiary/aromatic N) is 2. The number of hydrogen-bond donors (Lipinski definition) is 1. The Labute approximate surface area is 155 Å². The maximum Gasteiger partial charge on any atom is 0.227 e. The van der Waals surface area contributed by atoms with Crippen LogP contribution in [0.2, 0.25) is 0 Å². The average molecular weight is 417 g/mol. The number of aryl methyl sites for hydroxylation is 2. The van der Waals surface area contributed by atoms with Gasteiger partial charge in [0, 0.05) is 18.5 Å². The number of aromatic nitrogens is 2. The Morgan fingerprint density at radius 1 is 1.42 bits per heavy atom. The Kier molecular flexibility index (Phi) is 6.95. The van der Waals surface area contributed by atoms with E-state index in [9.17, 15) is 4.39 Å². The minimum absolute atomic E-state index is 0. The first-order chi connectivity index (χ1) is 11.1. The minimum Gasteiger partial charge on any atom is -0.378 e. The van der Waals surface area contributed by atoms with Crippen molar-refractivity contribution in [2.45, 2.75) is 38.7 Å². The van der Waals surface area contributed by atoms with Crippen molar-refractivity contribution in [2.24, 2.45) is 0 Å². The molecule has 0 saturated carbocycles. The number of rotatable bonds is 5. The number of nitrogens with one attached hydrogen (secondary N) is 1. The van der Waals surface area contributed by atoms with Crippen LogP contribution in [0.25, 0.3) is 0 Å². The van der Waals surface area contributed by atoms with Gasteiger partial charge in [0.25, 0.3) is 0 Å². The zero-order valence-corrected chi connectivity index (χ0v) is 15.8.